The Labute approximate surface area is 141 Å². The molecule has 0 aliphatic rings. The molecule has 0 spiro atoms. The van der Waals surface area contributed by atoms with Crippen molar-refractivity contribution in [1.82, 2.24) is 0 Å². The fourth-order valence-corrected chi connectivity index (χ4v) is 2.79. The first kappa shape index (κ1) is 16.3. The molecule has 21 heavy (non-hydrogen) atoms. The highest BCUT2D eigenvalue weighted by Crippen LogP contribution is 2.32. The molecule has 0 aromatic heterocycles. The number of thioether (sulfide) groups is 1. The van der Waals surface area contributed by atoms with E-state index in [9.17, 15) is 9.90 Å². The third-order valence-electron chi connectivity index (χ3n) is 2.49. The number of carbonyl (C=O) groups excluding carboxylic acids is 1. The summed E-state index contributed by atoms with van der Waals surface area (Å²) in [7, 11) is 0. The molecule has 0 radical (unpaired) electrons. The third kappa shape index (κ3) is 4.71. The molecule has 7 heteroatoms. The van der Waals surface area contributed by atoms with E-state index in [1.165, 1.54) is 23.9 Å². The van der Waals surface area contributed by atoms with Crippen LogP contribution in [0.25, 0.3) is 0 Å². The monoisotopic (exact) mass is 361 g/mol. The van der Waals surface area contributed by atoms with E-state index in [1.54, 1.807) is 24.3 Å². The van der Waals surface area contributed by atoms with Gasteiger partial charge in [0.05, 0.1) is 26.5 Å². The van der Waals surface area contributed by atoms with Crippen LogP contribution in [0.1, 0.15) is 0 Å². The first-order valence-electron chi connectivity index (χ1n) is 5.82. The van der Waals surface area contributed by atoms with E-state index in [0.29, 0.717) is 20.8 Å². The summed E-state index contributed by atoms with van der Waals surface area (Å²) in [5, 5.41) is 12.8. The van der Waals surface area contributed by atoms with Crippen molar-refractivity contribution < 1.29 is 9.90 Å². The zero-order valence-electron chi connectivity index (χ0n) is 10.6. The number of rotatable bonds is 4. The van der Waals surface area contributed by atoms with Crippen molar-refractivity contribution in [1.29, 1.82) is 0 Å². The van der Waals surface area contributed by atoms with Crippen LogP contribution < -0.4 is 5.32 Å². The zero-order chi connectivity index (χ0) is 15.4. The Morgan fingerprint density at radius 3 is 2.33 bits per heavy atom. The van der Waals surface area contributed by atoms with Crippen molar-refractivity contribution in [2.24, 2.45) is 0 Å². The second-order valence-electron chi connectivity index (χ2n) is 4.08. The number of nitrogens with one attached hydrogen (secondary N) is 1. The molecule has 3 nitrogen and oxygen atoms in total. The summed E-state index contributed by atoms with van der Waals surface area (Å²) in [5.41, 5.74) is 0.419. The SMILES string of the molecule is O=C(CSc1ccc(O)cc1)Nc1cc(Cl)c(Cl)cc1Cl. The summed E-state index contributed by atoms with van der Waals surface area (Å²) in [6.07, 6.45) is 0. The van der Waals surface area contributed by atoms with Crippen LogP contribution in [0.3, 0.4) is 0 Å². The highest BCUT2D eigenvalue weighted by atomic mass is 35.5. The maximum Gasteiger partial charge on any atom is 0.234 e. The summed E-state index contributed by atoms with van der Waals surface area (Å²) in [4.78, 5) is 12.8. The molecule has 0 saturated carbocycles. The van der Waals surface area contributed by atoms with Gasteiger partial charge in [0.2, 0.25) is 5.91 Å². The predicted molar refractivity (Wildman–Crippen MR) is 88.9 cm³/mol. The average molecular weight is 363 g/mol. The van der Waals surface area contributed by atoms with E-state index in [2.05, 4.69) is 5.32 Å². The second kappa shape index (κ2) is 7.27. The summed E-state index contributed by atoms with van der Waals surface area (Å²) in [6, 6.07) is 9.59. The van der Waals surface area contributed by atoms with Gasteiger partial charge in [-0.3, -0.25) is 4.79 Å². The van der Waals surface area contributed by atoms with Crippen molar-refractivity contribution in [3.05, 3.63) is 51.5 Å². The molecular formula is C14H10Cl3NO2S. The summed E-state index contributed by atoms with van der Waals surface area (Å²) >= 11 is 19.0. The summed E-state index contributed by atoms with van der Waals surface area (Å²) in [5.74, 6) is 0.182. The molecule has 0 saturated heterocycles. The van der Waals surface area contributed by atoms with Gasteiger partial charge in [-0.2, -0.15) is 0 Å². The van der Waals surface area contributed by atoms with Gasteiger partial charge in [0.1, 0.15) is 5.75 Å². The van der Waals surface area contributed by atoms with Crippen molar-refractivity contribution in [2.45, 2.75) is 4.90 Å². The first-order chi connectivity index (χ1) is 9.95. The molecule has 2 rings (SSSR count). The number of benzene rings is 2. The van der Waals surface area contributed by atoms with Gasteiger partial charge in [-0.15, -0.1) is 11.8 Å². The maximum atomic E-state index is 11.9. The molecule has 0 aliphatic heterocycles. The Morgan fingerprint density at radius 2 is 1.67 bits per heavy atom. The van der Waals surface area contributed by atoms with E-state index in [-0.39, 0.29) is 17.4 Å². The average Bonchev–Trinajstić information content (AvgIpc) is 2.44. The molecule has 0 unspecified atom stereocenters. The molecule has 0 fully saturated rings. The van der Waals surface area contributed by atoms with Crippen molar-refractivity contribution in [2.75, 3.05) is 11.1 Å². The Bertz CT molecular complexity index is 662. The standard InChI is InChI=1S/C14H10Cl3NO2S/c15-10-5-12(17)13(6-11(10)16)18-14(20)7-21-9-3-1-8(19)2-4-9/h1-6,19H,7H2,(H,18,20). The second-order valence-corrected chi connectivity index (χ2v) is 6.35. The number of carbonyl (C=O) groups is 1. The highest BCUT2D eigenvalue weighted by molar-refractivity contribution is 8.00. The first-order valence-corrected chi connectivity index (χ1v) is 7.94. The van der Waals surface area contributed by atoms with Crippen LogP contribution in [0, 0.1) is 0 Å². The minimum absolute atomic E-state index is 0.186. The van der Waals surface area contributed by atoms with Gasteiger partial charge in [0.25, 0.3) is 0 Å². The molecular weight excluding hydrogens is 353 g/mol. The quantitative estimate of drug-likeness (QED) is 0.589. The fraction of sp³-hybridized carbons (Fsp3) is 0.0714. The maximum absolute atomic E-state index is 11.9. The Hall–Kier alpha value is -1.07. The number of phenolic OH excluding ortho intramolecular Hbond substituents is 1. The molecule has 0 bridgehead atoms. The Kier molecular flexibility index (Phi) is 5.65. The molecule has 0 aliphatic carbocycles. The fourth-order valence-electron chi connectivity index (χ4n) is 1.50. The topological polar surface area (TPSA) is 49.3 Å². The molecule has 1 amide bonds. The van der Waals surface area contributed by atoms with Gasteiger partial charge in [-0.1, -0.05) is 34.8 Å². The lowest BCUT2D eigenvalue weighted by Crippen LogP contribution is -2.14. The number of phenols is 1. The van der Waals surface area contributed by atoms with Crippen LogP contribution in [0.4, 0.5) is 5.69 Å². The van der Waals surface area contributed by atoms with Gasteiger partial charge in [0.15, 0.2) is 0 Å². The largest absolute Gasteiger partial charge is 0.508 e. The number of halogens is 3. The normalized spacial score (nSPS) is 10.4. The summed E-state index contributed by atoms with van der Waals surface area (Å²) in [6.45, 7) is 0. The van der Waals surface area contributed by atoms with E-state index in [4.69, 9.17) is 34.8 Å². The van der Waals surface area contributed by atoms with E-state index in [0.717, 1.165) is 4.90 Å². The zero-order valence-corrected chi connectivity index (χ0v) is 13.7. The molecule has 0 atom stereocenters. The van der Waals surface area contributed by atoms with Crippen LogP contribution in [-0.4, -0.2) is 16.8 Å². The molecule has 110 valence electrons. The van der Waals surface area contributed by atoms with Gasteiger partial charge < -0.3 is 10.4 Å². The number of aromatic hydroxyl groups is 1. The minimum Gasteiger partial charge on any atom is -0.508 e. The number of hydrogen-bond donors (Lipinski definition) is 2. The minimum atomic E-state index is -0.214. The Morgan fingerprint density at radius 1 is 1.05 bits per heavy atom. The molecule has 0 heterocycles. The molecule has 2 aromatic carbocycles. The van der Waals surface area contributed by atoms with E-state index >= 15 is 0 Å². The highest BCUT2D eigenvalue weighted by Gasteiger charge is 2.10. The Balaban J connectivity index is 1.96. The van der Waals surface area contributed by atoms with Gasteiger partial charge in [-0.05, 0) is 36.4 Å². The molecule has 2 N–H and O–H groups in total. The van der Waals surface area contributed by atoms with E-state index in [1.807, 2.05) is 0 Å². The van der Waals surface area contributed by atoms with Crippen LogP contribution in [0.2, 0.25) is 15.1 Å². The van der Waals surface area contributed by atoms with Crippen LogP contribution in [0.15, 0.2) is 41.3 Å². The van der Waals surface area contributed by atoms with Crippen LogP contribution in [0.5, 0.6) is 5.75 Å². The van der Waals surface area contributed by atoms with E-state index < -0.39 is 0 Å². The van der Waals surface area contributed by atoms with Crippen LogP contribution >= 0.6 is 46.6 Å². The lowest BCUT2D eigenvalue weighted by Gasteiger charge is -2.08. The predicted octanol–water partition coefficient (Wildman–Crippen LogP) is 5.08. The number of amides is 1. The van der Waals surface area contributed by atoms with Crippen LogP contribution in [-0.2, 0) is 4.79 Å². The van der Waals surface area contributed by atoms with Crippen molar-refractivity contribution in [3.63, 3.8) is 0 Å². The smallest absolute Gasteiger partial charge is 0.234 e. The lowest BCUT2D eigenvalue weighted by molar-refractivity contribution is -0.113. The van der Waals surface area contributed by atoms with Crippen molar-refractivity contribution >= 4 is 58.2 Å². The lowest BCUT2D eigenvalue weighted by atomic mass is 10.3. The van der Waals surface area contributed by atoms with Gasteiger partial charge in [-0.25, -0.2) is 0 Å². The third-order valence-corrected chi connectivity index (χ3v) is 4.54. The number of hydrogen-bond acceptors (Lipinski definition) is 3. The number of anilines is 1. The molecule has 2 aromatic rings. The van der Waals surface area contributed by atoms with Gasteiger partial charge in [0, 0.05) is 4.90 Å². The summed E-state index contributed by atoms with van der Waals surface area (Å²) < 4.78 is 0. The van der Waals surface area contributed by atoms with Crippen molar-refractivity contribution in [3.8, 4) is 5.75 Å². The van der Waals surface area contributed by atoms with Gasteiger partial charge >= 0.3 is 0 Å².